The van der Waals surface area contributed by atoms with Gasteiger partial charge < -0.3 is 0 Å². The van der Waals surface area contributed by atoms with E-state index in [4.69, 9.17) is 27.8 Å². The number of carbonyl (C=O) groups excluding carboxylic acids is 1. The van der Waals surface area contributed by atoms with Gasteiger partial charge in [0.2, 0.25) is 0 Å². The van der Waals surface area contributed by atoms with Gasteiger partial charge in [-0.15, -0.1) is 0 Å². The first-order valence-corrected chi connectivity index (χ1v) is 10.0. The molecule has 0 saturated heterocycles. The Morgan fingerprint density at radius 1 is 1.07 bits per heavy atom. The molecule has 0 aliphatic heterocycles. The van der Waals surface area contributed by atoms with E-state index in [0.29, 0.717) is 5.69 Å². The number of carbonyl (C=O) groups is 1. The molecule has 0 bridgehead atoms. The lowest BCUT2D eigenvalue weighted by molar-refractivity contribution is 0.0962. The number of anilines is 1. The van der Waals surface area contributed by atoms with Crippen molar-refractivity contribution in [2.75, 3.05) is 5.43 Å². The van der Waals surface area contributed by atoms with Crippen molar-refractivity contribution in [3.05, 3.63) is 80.7 Å². The van der Waals surface area contributed by atoms with E-state index in [1.165, 1.54) is 48.5 Å². The topological polar surface area (TPSA) is 130 Å². The van der Waals surface area contributed by atoms with E-state index < -0.39 is 21.6 Å². The smallest absolute Gasteiger partial charge is 0.294 e. The molecule has 0 aliphatic rings. The fourth-order valence-electron chi connectivity index (χ4n) is 2.30. The number of hydrogen-bond acceptors (Lipinski definition) is 6. The molecule has 1 aromatic heterocycles. The molecular weight excluding hydrogens is 443 g/mol. The second-order valence-corrected chi connectivity index (χ2v) is 7.88. The third-order valence-electron chi connectivity index (χ3n) is 3.66. The first kappa shape index (κ1) is 20.8. The Morgan fingerprint density at radius 3 is 2.41 bits per heavy atom. The molecule has 0 radical (unpaired) electrons. The van der Waals surface area contributed by atoms with E-state index >= 15 is 0 Å². The van der Waals surface area contributed by atoms with Crippen LogP contribution in [0, 0.1) is 0 Å². The fourth-order valence-corrected chi connectivity index (χ4v) is 3.25. The monoisotopic (exact) mass is 454 g/mol. The summed E-state index contributed by atoms with van der Waals surface area (Å²) in [6.07, 6.45) is 0. The molecule has 0 unspecified atom stereocenters. The molecule has 9 nitrogen and oxygen atoms in total. The lowest BCUT2D eigenvalue weighted by atomic mass is 10.2. The number of aromatic nitrogens is 2. The normalized spacial score (nSPS) is 11.1. The van der Waals surface area contributed by atoms with Crippen LogP contribution in [0.3, 0.4) is 0 Å². The SMILES string of the molecule is O=C(NNc1cccc(S(=O)(=O)O)c1)c1ccc(-n2nc(Cl)cc(Cl)c2=O)cc1. The van der Waals surface area contributed by atoms with Gasteiger partial charge in [-0.1, -0.05) is 29.3 Å². The maximum atomic E-state index is 12.3. The molecule has 2 aromatic carbocycles. The van der Waals surface area contributed by atoms with Crippen molar-refractivity contribution in [1.29, 1.82) is 0 Å². The van der Waals surface area contributed by atoms with Crippen LogP contribution in [0.4, 0.5) is 5.69 Å². The molecule has 0 atom stereocenters. The third kappa shape index (κ3) is 4.93. The predicted molar refractivity (Wildman–Crippen MR) is 107 cm³/mol. The van der Waals surface area contributed by atoms with Crippen LogP contribution in [0.15, 0.2) is 64.3 Å². The Hall–Kier alpha value is -2.92. The molecular formula is C17H12Cl2N4O5S. The zero-order chi connectivity index (χ0) is 21.2. The number of halogens is 2. The van der Waals surface area contributed by atoms with E-state index in [1.54, 1.807) is 0 Å². The highest BCUT2D eigenvalue weighted by atomic mass is 35.5. The first-order chi connectivity index (χ1) is 13.6. The summed E-state index contributed by atoms with van der Waals surface area (Å²) in [6.45, 7) is 0. The average molecular weight is 455 g/mol. The number of rotatable bonds is 5. The van der Waals surface area contributed by atoms with Crippen molar-refractivity contribution in [2.24, 2.45) is 0 Å². The third-order valence-corrected chi connectivity index (χ3v) is 4.97. The maximum Gasteiger partial charge on any atom is 0.294 e. The Bertz CT molecular complexity index is 1240. The Labute approximate surface area is 174 Å². The van der Waals surface area contributed by atoms with Gasteiger partial charge >= 0.3 is 0 Å². The quantitative estimate of drug-likeness (QED) is 0.398. The van der Waals surface area contributed by atoms with Crippen LogP contribution in [0.5, 0.6) is 0 Å². The Morgan fingerprint density at radius 2 is 1.76 bits per heavy atom. The minimum absolute atomic E-state index is 0.0349. The van der Waals surface area contributed by atoms with Crippen LogP contribution >= 0.6 is 23.2 Å². The molecule has 150 valence electrons. The van der Waals surface area contributed by atoms with Crippen LogP contribution in [0.2, 0.25) is 10.2 Å². The molecule has 3 aromatic rings. The highest BCUT2D eigenvalue weighted by Crippen LogP contribution is 2.15. The molecule has 12 heteroatoms. The number of nitrogens with zero attached hydrogens (tertiary/aromatic N) is 2. The molecule has 3 N–H and O–H groups in total. The number of benzene rings is 2. The Balaban J connectivity index is 1.74. The summed E-state index contributed by atoms with van der Waals surface area (Å²) in [6, 6.07) is 12.3. The van der Waals surface area contributed by atoms with Crippen molar-refractivity contribution in [2.45, 2.75) is 4.90 Å². The molecule has 0 fully saturated rings. The van der Waals surface area contributed by atoms with Crippen LogP contribution in [-0.4, -0.2) is 28.7 Å². The van der Waals surface area contributed by atoms with Crippen LogP contribution in [-0.2, 0) is 10.1 Å². The van der Waals surface area contributed by atoms with Crippen molar-refractivity contribution in [3.63, 3.8) is 0 Å². The van der Waals surface area contributed by atoms with E-state index in [2.05, 4.69) is 16.0 Å². The molecule has 0 aliphatic carbocycles. The molecule has 0 spiro atoms. The molecule has 1 heterocycles. The van der Waals surface area contributed by atoms with E-state index in [0.717, 1.165) is 10.7 Å². The van der Waals surface area contributed by atoms with Gasteiger partial charge in [0, 0.05) is 11.6 Å². The minimum atomic E-state index is -4.36. The zero-order valence-corrected chi connectivity index (χ0v) is 16.7. The lowest BCUT2D eigenvalue weighted by Crippen LogP contribution is -2.29. The summed E-state index contributed by atoms with van der Waals surface area (Å²) in [5.41, 5.74) is 5.22. The maximum absolute atomic E-state index is 12.3. The number of hydrazine groups is 1. The van der Waals surface area contributed by atoms with Crippen molar-refractivity contribution in [1.82, 2.24) is 15.2 Å². The summed E-state index contributed by atoms with van der Waals surface area (Å²) < 4.78 is 32.4. The second kappa shape index (κ2) is 8.21. The van der Waals surface area contributed by atoms with Crippen molar-refractivity contribution < 1.29 is 17.8 Å². The molecule has 1 amide bonds. The van der Waals surface area contributed by atoms with E-state index in [1.807, 2.05) is 0 Å². The largest absolute Gasteiger partial charge is 0.298 e. The number of nitrogens with one attached hydrogen (secondary N) is 2. The summed E-state index contributed by atoms with van der Waals surface area (Å²) in [7, 11) is -4.36. The summed E-state index contributed by atoms with van der Waals surface area (Å²) in [5, 5.41) is 3.83. The van der Waals surface area contributed by atoms with Gasteiger partial charge in [0.15, 0.2) is 5.15 Å². The lowest BCUT2D eigenvalue weighted by Gasteiger charge is -2.10. The highest BCUT2D eigenvalue weighted by Gasteiger charge is 2.12. The van der Waals surface area contributed by atoms with Gasteiger partial charge in [0.25, 0.3) is 21.6 Å². The molecule has 3 rings (SSSR count). The standard InChI is InChI=1S/C17H12Cl2N4O5S/c18-14-9-15(19)22-23(17(14)25)12-6-4-10(5-7-12)16(24)21-20-11-2-1-3-13(8-11)29(26,27)28/h1-9,20H,(H,21,24)(H,26,27,28). The highest BCUT2D eigenvalue weighted by molar-refractivity contribution is 7.85. The summed E-state index contributed by atoms with van der Waals surface area (Å²) in [4.78, 5) is 24.0. The van der Waals surface area contributed by atoms with Gasteiger partial charge in [0.05, 0.1) is 16.3 Å². The number of hydrogen-bond donors (Lipinski definition) is 3. The Kier molecular flexibility index (Phi) is 5.89. The van der Waals surface area contributed by atoms with Gasteiger partial charge in [-0.2, -0.15) is 18.2 Å². The van der Waals surface area contributed by atoms with Gasteiger partial charge in [-0.3, -0.25) is 25.0 Å². The van der Waals surface area contributed by atoms with Gasteiger partial charge in [0.1, 0.15) is 5.02 Å². The van der Waals surface area contributed by atoms with Crippen LogP contribution in [0.25, 0.3) is 5.69 Å². The van der Waals surface area contributed by atoms with Crippen LogP contribution in [0.1, 0.15) is 10.4 Å². The molecule has 0 saturated carbocycles. The minimum Gasteiger partial charge on any atom is -0.298 e. The van der Waals surface area contributed by atoms with E-state index in [9.17, 15) is 18.0 Å². The fraction of sp³-hybridized carbons (Fsp3) is 0. The molecule has 29 heavy (non-hydrogen) atoms. The average Bonchev–Trinajstić information content (AvgIpc) is 2.68. The van der Waals surface area contributed by atoms with Gasteiger partial charge in [-0.05, 0) is 42.5 Å². The van der Waals surface area contributed by atoms with E-state index in [-0.39, 0.29) is 26.3 Å². The first-order valence-electron chi connectivity index (χ1n) is 7.85. The second-order valence-electron chi connectivity index (χ2n) is 5.66. The van der Waals surface area contributed by atoms with Crippen molar-refractivity contribution >= 4 is 44.9 Å². The predicted octanol–water partition coefficient (Wildman–Crippen LogP) is 2.54. The van der Waals surface area contributed by atoms with Crippen molar-refractivity contribution in [3.8, 4) is 5.69 Å². The van der Waals surface area contributed by atoms with Gasteiger partial charge in [-0.25, -0.2) is 0 Å². The zero-order valence-electron chi connectivity index (χ0n) is 14.3. The summed E-state index contributed by atoms with van der Waals surface area (Å²) in [5.74, 6) is -0.529. The number of amides is 1. The summed E-state index contributed by atoms with van der Waals surface area (Å²) >= 11 is 11.6. The van der Waals surface area contributed by atoms with Crippen LogP contribution < -0.4 is 16.4 Å².